The summed E-state index contributed by atoms with van der Waals surface area (Å²) >= 11 is 0. The minimum Gasteiger partial charge on any atom is -0.537 e. The molecule has 0 amide bonds. The van der Waals surface area contributed by atoms with E-state index in [1.807, 2.05) is 30.3 Å². The van der Waals surface area contributed by atoms with Gasteiger partial charge in [-0.2, -0.15) is 0 Å². The fourth-order valence-corrected chi connectivity index (χ4v) is 5.47. The normalized spacial score (nSPS) is 12.9. The second-order valence-electron chi connectivity index (χ2n) is 9.87. The van der Waals surface area contributed by atoms with Crippen LogP contribution in [0, 0.1) is 0 Å². The fourth-order valence-electron chi connectivity index (χ4n) is 5.47. The smallest absolute Gasteiger partial charge is 0.537 e. The molecule has 6 rings (SSSR count). The van der Waals surface area contributed by atoms with Gasteiger partial charge in [0.05, 0.1) is 0 Å². The molecule has 0 bridgehead atoms. The average molecular weight is 480 g/mol. The van der Waals surface area contributed by atoms with Crippen LogP contribution in [0.4, 0.5) is 17.1 Å². The van der Waals surface area contributed by atoms with E-state index in [2.05, 4.69) is 110 Å². The summed E-state index contributed by atoms with van der Waals surface area (Å²) in [6.45, 7) is 4.61. The van der Waals surface area contributed by atoms with Crippen molar-refractivity contribution in [2.45, 2.75) is 19.3 Å². The molecule has 37 heavy (non-hydrogen) atoms. The van der Waals surface area contributed by atoms with Crippen molar-refractivity contribution in [2.75, 3.05) is 4.90 Å². The zero-order chi connectivity index (χ0) is 25.4. The lowest BCUT2D eigenvalue weighted by Crippen LogP contribution is -2.16. The maximum atomic E-state index is 9.05. The molecule has 0 saturated heterocycles. The molecule has 0 aromatic heterocycles. The minimum absolute atomic E-state index is 0.0891. The van der Waals surface area contributed by atoms with Crippen LogP contribution in [0.25, 0.3) is 22.3 Å². The first kappa shape index (κ1) is 23.1. The van der Waals surface area contributed by atoms with Crippen LogP contribution in [-0.2, 0) is 5.41 Å². The highest BCUT2D eigenvalue weighted by molar-refractivity contribution is 6.17. The van der Waals surface area contributed by atoms with Crippen LogP contribution < -0.4 is 9.55 Å². The highest BCUT2D eigenvalue weighted by Gasteiger charge is 2.35. The summed E-state index contributed by atoms with van der Waals surface area (Å²) < 4.78 is 5.16. The molecule has 5 aromatic rings. The molecule has 0 saturated carbocycles. The van der Waals surface area contributed by atoms with Gasteiger partial charge in [0.1, 0.15) is 5.75 Å². The highest BCUT2D eigenvalue weighted by Crippen LogP contribution is 2.50. The van der Waals surface area contributed by atoms with Crippen molar-refractivity contribution in [3.63, 3.8) is 0 Å². The third-order valence-corrected chi connectivity index (χ3v) is 7.32. The Hall–Kier alpha value is -4.28. The van der Waals surface area contributed by atoms with Gasteiger partial charge in [0.25, 0.3) is 0 Å². The molecule has 5 aromatic carbocycles. The molecule has 1 N–H and O–H groups in total. The Kier molecular flexibility index (Phi) is 5.82. The van der Waals surface area contributed by atoms with Crippen molar-refractivity contribution in [2.24, 2.45) is 0 Å². The molecule has 1 aliphatic rings. The molecular formula is C33H27BNO2. The number of hydrogen-bond acceptors (Lipinski definition) is 3. The van der Waals surface area contributed by atoms with Crippen molar-refractivity contribution >= 4 is 24.7 Å². The highest BCUT2D eigenvalue weighted by atomic mass is 16.5. The molecule has 1 aliphatic carbocycles. The van der Waals surface area contributed by atoms with E-state index in [1.54, 1.807) is 0 Å². The van der Waals surface area contributed by atoms with Crippen LogP contribution >= 0.6 is 0 Å². The van der Waals surface area contributed by atoms with E-state index in [4.69, 9.17) is 9.68 Å². The van der Waals surface area contributed by atoms with Crippen LogP contribution in [-0.4, -0.2) is 12.7 Å². The van der Waals surface area contributed by atoms with Crippen molar-refractivity contribution in [3.05, 3.63) is 132 Å². The van der Waals surface area contributed by atoms with Crippen LogP contribution in [0.1, 0.15) is 25.0 Å². The predicted octanol–water partition coefficient (Wildman–Crippen LogP) is 8.04. The standard InChI is InChI=1S/C33H27BNO2/c1-33(2)31-14-7-6-13-29(31)30-20-17-27(22-32(30)33)35(25-15-18-28(19-16-25)37-34-36)26-12-8-11-24(21-26)23-9-4-3-5-10-23/h3-22,36H,1-2H3. The van der Waals surface area contributed by atoms with Crippen LogP contribution in [0.2, 0.25) is 0 Å². The zero-order valence-corrected chi connectivity index (χ0v) is 20.9. The van der Waals surface area contributed by atoms with E-state index in [0.29, 0.717) is 13.4 Å². The van der Waals surface area contributed by atoms with Crippen LogP contribution in [0.5, 0.6) is 5.75 Å². The van der Waals surface area contributed by atoms with E-state index < -0.39 is 0 Å². The van der Waals surface area contributed by atoms with Crippen molar-refractivity contribution < 1.29 is 9.68 Å². The van der Waals surface area contributed by atoms with Crippen LogP contribution in [0.15, 0.2) is 121 Å². The van der Waals surface area contributed by atoms with E-state index in [1.165, 1.54) is 27.8 Å². The summed E-state index contributed by atoms with van der Waals surface area (Å²) in [5.74, 6) is 0.578. The van der Waals surface area contributed by atoms with Crippen molar-refractivity contribution in [3.8, 4) is 28.0 Å². The molecule has 4 heteroatoms. The monoisotopic (exact) mass is 480 g/mol. The van der Waals surface area contributed by atoms with Gasteiger partial charge in [-0.25, -0.2) is 0 Å². The Morgan fingerprint density at radius 1 is 0.595 bits per heavy atom. The zero-order valence-electron chi connectivity index (χ0n) is 20.9. The minimum atomic E-state index is -0.0891. The van der Waals surface area contributed by atoms with Gasteiger partial charge in [-0.05, 0) is 81.9 Å². The third-order valence-electron chi connectivity index (χ3n) is 7.32. The fraction of sp³-hybridized carbons (Fsp3) is 0.0909. The topological polar surface area (TPSA) is 32.7 Å². The molecular weight excluding hydrogens is 453 g/mol. The summed E-state index contributed by atoms with van der Waals surface area (Å²) in [7, 11) is 0.705. The molecule has 0 heterocycles. The number of benzene rings is 5. The van der Waals surface area contributed by atoms with Crippen molar-refractivity contribution in [1.82, 2.24) is 0 Å². The lowest BCUT2D eigenvalue weighted by atomic mass is 9.82. The molecule has 0 spiro atoms. The second-order valence-corrected chi connectivity index (χ2v) is 9.87. The molecule has 179 valence electrons. The molecule has 0 aliphatic heterocycles. The quantitative estimate of drug-likeness (QED) is 0.250. The lowest BCUT2D eigenvalue weighted by molar-refractivity contribution is 0.454. The van der Waals surface area contributed by atoms with Gasteiger partial charge in [-0.1, -0.05) is 86.6 Å². The summed E-state index contributed by atoms with van der Waals surface area (Å²) in [5.41, 5.74) is 10.7. The Balaban J connectivity index is 1.50. The Morgan fingerprint density at radius 2 is 1.24 bits per heavy atom. The van der Waals surface area contributed by atoms with Gasteiger partial charge in [0.2, 0.25) is 0 Å². The van der Waals surface area contributed by atoms with E-state index in [-0.39, 0.29) is 5.41 Å². The van der Waals surface area contributed by atoms with Gasteiger partial charge < -0.3 is 14.6 Å². The Morgan fingerprint density at radius 3 is 2.03 bits per heavy atom. The van der Waals surface area contributed by atoms with E-state index in [9.17, 15) is 0 Å². The van der Waals surface area contributed by atoms with Gasteiger partial charge in [0, 0.05) is 22.5 Å². The number of nitrogens with zero attached hydrogens (tertiary/aromatic N) is 1. The Labute approximate surface area is 218 Å². The summed E-state index contributed by atoms with van der Waals surface area (Å²) in [6, 6.07) is 42.3. The van der Waals surface area contributed by atoms with Gasteiger partial charge in [-0.3, -0.25) is 0 Å². The molecule has 1 radical (unpaired) electrons. The van der Waals surface area contributed by atoms with Crippen molar-refractivity contribution in [1.29, 1.82) is 0 Å². The lowest BCUT2D eigenvalue weighted by Gasteiger charge is -2.28. The number of hydrogen-bond donors (Lipinski definition) is 1. The number of anilines is 3. The summed E-state index contributed by atoms with van der Waals surface area (Å²) in [4.78, 5) is 2.28. The first-order valence-corrected chi connectivity index (χ1v) is 12.5. The van der Waals surface area contributed by atoms with Gasteiger partial charge >= 0.3 is 7.69 Å². The SMILES string of the molecule is CC1(C)c2ccccc2-c2ccc(N(c3ccc(O[B]O)cc3)c3cccc(-c4ccccc4)c3)cc21. The Bertz CT molecular complexity index is 1560. The first-order valence-electron chi connectivity index (χ1n) is 12.5. The third kappa shape index (κ3) is 4.10. The average Bonchev–Trinajstić information content (AvgIpc) is 3.17. The van der Waals surface area contributed by atoms with Gasteiger partial charge in [-0.15, -0.1) is 0 Å². The number of fused-ring (bicyclic) bond motifs is 3. The first-order chi connectivity index (χ1) is 18.1. The summed E-state index contributed by atoms with van der Waals surface area (Å²) in [6.07, 6.45) is 0. The van der Waals surface area contributed by atoms with Gasteiger partial charge in [0.15, 0.2) is 0 Å². The molecule has 0 unspecified atom stereocenters. The molecule has 0 fully saturated rings. The van der Waals surface area contributed by atoms with E-state index in [0.717, 1.165) is 22.6 Å². The maximum Gasteiger partial charge on any atom is 0.569 e. The maximum absolute atomic E-state index is 9.05. The second kappa shape index (κ2) is 9.31. The van der Waals surface area contributed by atoms with Crippen LogP contribution in [0.3, 0.4) is 0 Å². The summed E-state index contributed by atoms with van der Waals surface area (Å²) in [5, 5.41) is 9.05. The predicted molar refractivity (Wildman–Crippen MR) is 153 cm³/mol. The molecule has 3 nitrogen and oxygen atoms in total. The largest absolute Gasteiger partial charge is 0.569 e. The number of rotatable bonds is 6. The van der Waals surface area contributed by atoms with E-state index >= 15 is 0 Å². The molecule has 0 atom stereocenters.